The van der Waals surface area contributed by atoms with Gasteiger partial charge in [0.1, 0.15) is 18.1 Å². The quantitative estimate of drug-likeness (QED) is 0.375. The molecule has 2 aromatic carbocycles. The second kappa shape index (κ2) is 11.4. The number of carbonyl (C=O) groups excluding carboxylic acids is 2. The Labute approximate surface area is 225 Å². The lowest BCUT2D eigenvalue weighted by molar-refractivity contribution is -0.141. The Morgan fingerprint density at radius 1 is 1.08 bits per heavy atom. The average Bonchev–Trinajstić information content (AvgIpc) is 3.61. The van der Waals surface area contributed by atoms with Crippen molar-refractivity contribution in [3.8, 4) is 5.75 Å². The zero-order chi connectivity index (χ0) is 26.5. The number of thioether (sulfide) groups is 1. The van der Waals surface area contributed by atoms with Crippen molar-refractivity contribution < 1.29 is 23.5 Å². The molecule has 3 aromatic rings. The van der Waals surface area contributed by atoms with E-state index in [1.54, 1.807) is 25.5 Å². The van der Waals surface area contributed by atoms with Crippen LogP contribution in [0.4, 0.5) is 0 Å². The maximum Gasteiger partial charge on any atom is 0.338 e. The number of hydrogen-bond donors (Lipinski definition) is 1. The first-order chi connectivity index (χ1) is 18.5. The topological polar surface area (TPSA) is 93.4 Å². The highest BCUT2D eigenvalue weighted by Gasteiger charge is 2.41. The first-order valence-electron chi connectivity index (χ1n) is 12.1. The van der Waals surface area contributed by atoms with E-state index in [1.807, 2.05) is 71.8 Å². The van der Waals surface area contributed by atoms with Crippen LogP contribution in [-0.4, -0.2) is 29.1 Å². The van der Waals surface area contributed by atoms with Crippen LogP contribution >= 0.6 is 11.8 Å². The zero-order valence-electron chi connectivity index (χ0n) is 21.0. The molecule has 0 saturated carbocycles. The Bertz CT molecular complexity index is 1400. The summed E-state index contributed by atoms with van der Waals surface area (Å²) in [7, 11) is 1.61. The van der Waals surface area contributed by atoms with E-state index in [0.29, 0.717) is 34.5 Å². The fourth-order valence-electron chi connectivity index (χ4n) is 4.36. The van der Waals surface area contributed by atoms with Gasteiger partial charge < -0.3 is 24.1 Å². The fourth-order valence-corrected chi connectivity index (χ4v) is 5.32. The smallest absolute Gasteiger partial charge is 0.338 e. The van der Waals surface area contributed by atoms with Gasteiger partial charge >= 0.3 is 5.97 Å². The molecule has 1 N–H and O–H groups in total. The van der Waals surface area contributed by atoms with E-state index in [1.165, 1.54) is 11.8 Å². The molecule has 9 heteroatoms. The molecule has 38 heavy (non-hydrogen) atoms. The number of methoxy groups -OCH3 is 1. The number of amides is 1. The van der Waals surface area contributed by atoms with Crippen molar-refractivity contribution in [1.29, 1.82) is 0 Å². The third kappa shape index (κ3) is 5.52. The second-order valence-electron chi connectivity index (χ2n) is 8.76. The lowest BCUT2D eigenvalue weighted by atomic mass is 9.93. The molecule has 1 unspecified atom stereocenters. The Morgan fingerprint density at radius 2 is 1.87 bits per heavy atom. The first kappa shape index (κ1) is 25.4. The summed E-state index contributed by atoms with van der Waals surface area (Å²) < 4.78 is 16.4. The summed E-state index contributed by atoms with van der Waals surface area (Å²) in [4.78, 5) is 33.0. The Morgan fingerprint density at radius 3 is 2.58 bits per heavy atom. The third-order valence-corrected chi connectivity index (χ3v) is 7.14. The number of furan rings is 1. The zero-order valence-corrected chi connectivity index (χ0v) is 21.9. The molecule has 2 aliphatic rings. The SMILES string of the molecule is COc1ccc(C2C(C(=O)OCc3ccccc3)=C(C)N=C3SC=C(CC(=O)NCc4ccco4)N32)cc1. The van der Waals surface area contributed by atoms with E-state index >= 15 is 0 Å². The molecule has 1 aromatic heterocycles. The van der Waals surface area contributed by atoms with Crippen LogP contribution in [0.5, 0.6) is 5.75 Å². The number of benzene rings is 2. The summed E-state index contributed by atoms with van der Waals surface area (Å²) in [5.41, 5.74) is 3.51. The van der Waals surface area contributed by atoms with Crippen molar-refractivity contribution in [3.63, 3.8) is 0 Å². The highest BCUT2D eigenvalue weighted by molar-refractivity contribution is 8.16. The van der Waals surface area contributed by atoms with Gasteiger partial charge in [-0.1, -0.05) is 54.2 Å². The molecule has 5 rings (SSSR count). The van der Waals surface area contributed by atoms with Gasteiger partial charge in [0.2, 0.25) is 5.91 Å². The lowest BCUT2D eigenvalue weighted by Gasteiger charge is -2.36. The Balaban J connectivity index is 1.41. The molecule has 1 atom stereocenters. The molecule has 194 valence electrons. The monoisotopic (exact) mass is 529 g/mol. The van der Waals surface area contributed by atoms with Crippen LogP contribution < -0.4 is 10.1 Å². The highest BCUT2D eigenvalue weighted by Crippen LogP contribution is 2.45. The van der Waals surface area contributed by atoms with Crippen LogP contribution in [0.2, 0.25) is 0 Å². The third-order valence-electron chi connectivity index (χ3n) is 6.25. The standard InChI is InChI=1S/C29H27N3O5S/c1-19-26(28(34)37-17-20-7-4-3-5-8-20)27(21-10-12-23(35-2)13-11-21)32-22(18-38-29(32)31-19)15-25(33)30-16-24-9-6-14-36-24/h3-14,18,27H,15-17H2,1-2H3,(H,30,33). The lowest BCUT2D eigenvalue weighted by Crippen LogP contribution is -2.38. The van der Waals surface area contributed by atoms with Gasteiger partial charge in [-0.15, -0.1) is 0 Å². The summed E-state index contributed by atoms with van der Waals surface area (Å²) >= 11 is 1.43. The molecule has 3 heterocycles. The van der Waals surface area contributed by atoms with Crippen molar-refractivity contribution in [3.05, 3.63) is 112 Å². The summed E-state index contributed by atoms with van der Waals surface area (Å²) in [5, 5.41) is 5.50. The van der Waals surface area contributed by atoms with Gasteiger partial charge in [0.05, 0.1) is 43.7 Å². The molecule has 2 aliphatic heterocycles. The highest BCUT2D eigenvalue weighted by atomic mass is 32.2. The molecule has 0 bridgehead atoms. The molecule has 0 saturated heterocycles. The number of amidine groups is 1. The van der Waals surface area contributed by atoms with Crippen LogP contribution in [0.3, 0.4) is 0 Å². The van der Waals surface area contributed by atoms with Crippen LogP contribution in [0, 0.1) is 0 Å². The van der Waals surface area contributed by atoms with Gasteiger partial charge in [-0.25, -0.2) is 9.79 Å². The van der Waals surface area contributed by atoms with E-state index in [9.17, 15) is 9.59 Å². The number of nitrogens with one attached hydrogen (secondary N) is 1. The van der Waals surface area contributed by atoms with Crippen LogP contribution in [0.25, 0.3) is 0 Å². The number of ether oxygens (including phenoxy) is 2. The minimum absolute atomic E-state index is 0.116. The molecule has 0 aliphatic carbocycles. The normalized spacial score (nSPS) is 16.5. The van der Waals surface area contributed by atoms with Crippen molar-refractivity contribution in [2.45, 2.75) is 32.5 Å². The molecule has 0 spiro atoms. The second-order valence-corrected chi connectivity index (χ2v) is 9.60. The molecular formula is C29H27N3O5S. The van der Waals surface area contributed by atoms with Crippen LogP contribution in [-0.2, 0) is 27.5 Å². The number of esters is 1. The number of carbonyl (C=O) groups is 2. The van der Waals surface area contributed by atoms with Gasteiger partial charge in [-0.2, -0.15) is 0 Å². The maximum absolute atomic E-state index is 13.5. The molecule has 1 amide bonds. The molecule has 0 fully saturated rings. The summed E-state index contributed by atoms with van der Waals surface area (Å²) in [6.07, 6.45) is 1.69. The van der Waals surface area contributed by atoms with Crippen molar-refractivity contribution >= 4 is 28.8 Å². The predicted molar refractivity (Wildman–Crippen MR) is 145 cm³/mol. The summed E-state index contributed by atoms with van der Waals surface area (Å²) in [6.45, 7) is 2.26. The van der Waals surface area contributed by atoms with Gasteiger partial charge in [0.25, 0.3) is 0 Å². The average molecular weight is 530 g/mol. The molecule has 0 radical (unpaired) electrons. The van der Waals surface area contributed by atoms with Crippen molar-refractivity contribution in [2.75, 3.05) is 7.11 Å². The minimum atomic E-state index is -0.518. The molecular weight excluding hydrogens is 502 g/mol. The number of rotatable bonds is 9. The van der Waals surface area contributed by atoms with E-state index in [-0.39, 0.29) is 18.9 Å². The summed E-state index contributed by atoms with van der Waals surface area (Å²) in [5.74, 6) is 0.763. The van der Waals surface area contributed by atoms with Crippen molar-refractivity contribution in [2.24, 2.45) is 4.99 Å². The molecule has 8 nitrogen and oxygen atoms in total. The number of hydrogen-bond acceptors (Lipinski definition) is 8. The van der Waals surface area contributed by atoms with Crippen LogP contribution in [0.15, 0.2) is 105 Å². The number of nitrogens with zero attached hydrogens (tertiary/aromatic N) is 2. The Kier molecular flexibility index (Phi) is 7.65. The fraction of sp³-hybridized carbons (Fsp3) is 0.207. The van der Waals surface area contributed by atoms with E-state index in [4.69, 9.17) is 18.9 Å². The largest absolute Gasteiger partial charge is 0.497 e. The first-order valence-corrected chi connectivity index (χ1v) is 13.0. The van der Waals surface area contributed by atoms with Gasteiger partial charge in [0.15, 0.2) is 5.17 Å². The maximum atomic E-state index is 13.5. The van der Waals surface area contributed by atoms with Gasteiger partial charge in [-0.05, 0) is 47.7 Å². The van der Waals surface area contributed by atoms with Gasteiger partial charge in [-0.3, -0.25) is 4.79 Å². The van der Waals surface area contributed by atoms with E-state index < -0.39 is 12.0 Å². The number of aliphatic imine (C=N–C) groups is 1. The number of allylic oxidation sites excluding steroid dienone is 1. The number of fused-ring (bicyclic) bond motifs is 1. The Hall–Kier alpha value is -4.24. The van der Waals surface area contributed by atoms with Gasteiger partial charge in [0, 0.05) is 5.70 Å². The predicted octanol–water partition coefficient (Wildman–Crippen LogP) is 5.31. The van der Waals surface area contributed by atoms with E-state index in [0.717, 1.165) is 16.8 Å². The van der Waals surface area contributed by atoms with E-state index in [2.05, 4.69) is 5.32 Å². The minimum Gasteiger partial charge on any atom is -0.497 e. The van der Waals surface area contributed by atoms with Crippen molar-refractivity contribution in [1.82, 2.24) is 10.2 Å². The summed E-state index contributed by atoms with van der Waals surface area (Å²) in [6, 6.07) is 20.1. The van der Waals surface area contributed by atoms with Crippen LogP contribution in [0.1, 0.15) is 36.3 Å².